The quantitative estimate of drug-likeness (QED) is 0.640. The fourth-order valence-corrected chi connectivity index (χ4v) is 2.39. The van der Waals surface area contributed by atoms with Crippen molar-refractivity contribution in [2.45, 2.75) is 44.6 Å². The number of anilines is 1. The lowest BCUT2D eigenvalue weighted by atomic mass is 10.1. The van der Waals surface area contributed by atoms with Gasteiger partial charge < -0.3 is 11.1 Å². The van der Waals surface area contributed by atoms with Crippen LogP contribution in [0.1, 0.15) is 48.9 Å². The smallest absolute Gasteiger partial charge is 0.253 e. The zero-order valence-electron chi connectivity index (χ0n) is 10.5. The first-order valence-corrected chi connectivity index (χ1v) is 6.43. The molecule has 4 heteroatoms. The number of para-hydroxylation sites is 1. The minimum Gasteiger partial charge on any atom is -0.398 e. The maximum absolute atomic E-state index is 12.1. The van der Waals surface area contributed by atoms with Gasteiger partial charge in [-0.3, -0.25) is 4.79 Å². The Hall–Kier alpha value is -1.22. The van der Waals surface area contributed by atoms with Gasteiger partial charge in [0.15, 0.2) is 0 Å². The molecule has 0 aromatic heterocycles. The number of carbonyl (C=O) groups excluding carboxylic acids is 1. The fourth-order valence-electron chi connectivity index (χ4n) is 2.39. The Labute approximate surface area is 115 Å². The average Bonchev–Trinajstić information content (AvgIpc) is 2.58. The molecule has 0 saturated heterocycles. The lowest BCUT2D eigenvalue weighted by Crippen LogP contribution is -2.34. The molecule has 3 N–H and O–H groups in total. The molecule has 2 rings (SSSR count). The molecule has 18 heavy (non-hydrogen) atoms. The molecule has 0 aliphatic heterocycles. The van der Waals surface area contributed by atoms with Crippen LogP contribution in [0.25, 0.3) is 0 Å². The van der Waals surface area contributed by atoms with Gasteiger partial charge in [-0.2, -0.15) is 0 Å². The number of rotatable bonds is 2. The molecule has 1 aliphatic carbocycles. The van der Waals surface area contributed by atoms with Crippen molar-refractivity contribution in [3.05, 3.63) is 29.8 Å². The first-order chi connectivity index (χ1) is 8.27. The lowest BCUT2D eigenvalue weighted by molar-refractivity contribution is 0.0934. The Balaban J connectivity index is 0.00000162. The highest BCUT2D eigenvalue weighted by molar-refractivity contribution is 5.99. The van der Waals surface area contributed by atoms with Crippen molar-refractivity contribution in [3.63, 3.8) is 0 Å². The van der Waals surface area contributed by atoms with Crippen molar-refractivity contribution in [2.24, 2.45) is 0 Å². The van der Waals surface area contributed by atoms with Crippen LogP contribution in [0.4, 0.5) is 5.69 Å². The molecule has 0 spiro atoms. The van der Waals surface area contributed by atoms with Gasteiger partial charge in [0.25, 0.3) is 5.91 Å². The molecule has 0 atom stereocenters. The Morgan fingerprint density at radius 1 is 1.11 bits per heavy atom. The third-order valence-electron chi connectivity index (χ3n) is 3.40. The summed E-state index contributed by atoms with van der Waals surface area (Å²) >= 11 is 0. The van der Waals surface area contributed by atoms with Crippen molar-refractivity contribution in [1.82, 2.24) is 5.32 Å². The molecule has 0 radical (unpaired) electrons. The van der Waals surface area contributed by atoms with Crippen LogP contribution in [0.3, 0.4) is 0 Å². The van der Waals surface area contributed by atoms with Gasteiger partial charge in [0.05, 0.1) is 5.56 Å². The van der Waals surface area contributed by atoms with Crippen LogP contribution >= 0.6 is 12.4 Å². The number of nitrogen functional groups attached to an aromatic ring is 1. The van der Waals surface area contributed by atoms with Gasteiger partial charge in [0, 0.05) is 11.7 Å². The Morgan fingerprint density at radius 2 is 1.72 bits per heavy atom. The minimum atomic E-state index is -0.0324. The standard InChI is InChI=1S/C14H20N2O.ClH/c15-13-10-6-5-9-12(13)14(17)16-11-7-3-1-2-4-8-11;/h5-6,9-11H,1-4,7-8,15H2,(H,16,17);1H. The van der Waals surface area contributed by atoms with Crippen molar-refractivity contribution < 1.29 is 4.79 Å². The van der Waals surface area contributed by atoms with E-state index in [2.05, 4.69) is 5.32 Å². The van der Waals surface area contributed by atoms with Gasteiger partial charge in [-0.15, -0.1) is 12.4 Å². The summed E-state index contributed by atoms with van der Waals surface area (Å²) in [5, 5.41) is 3.10. The van der Waals surface area contributed by atoms with Gasteiger partial charge in [-0.25, -0.2) is 0 Å². The number of hydrogen-bond acceptors (Lipinski definition) is 2. The fraction of sp³-hybridized carbons (Fsp3) is 0.500. The molecule has 3 nitrogen and oxygen atoms in total. The summed E-state index contributed by atoms with van der Waals surface area (Å²) in [6.45, 7) is 0. The molecule has 1 amide bonds. The summed E-state index contributed by atoms with van der Waals surface area (Å²) < 4.78 is 0. The minimum absolute atomic E-state index is 0. The number of carbonyl (C=O) groups is 1. The number of halogens is 1. The highest BCUT2D eigenvalue weighted by Gasteiger charge is 2.16. The van der Waals surface area contributed by atoms with Gasteiger partial charge >= 0.3 is 0 Å². The van der Waals surface area contributed by atoms with Crippen LogP contribution in [0.2, 0.25) is 0 Å². The second kappa shape index (κ2) is 7.27. The largest absolute Gasteiger partial charge is 0.398 e. The summed E-state index contributed by atoms with van der Waals surface area (Å²) in [6, 6.07) is 7.56. The number of nitrogens with two attached hydrogens (primary N) is 1. The predicted octanol–water partition coefficient (Wildman–Crippen LogP) is 3.14. The zero-order valence-corrected chi connectivity index (χ0v) is 11.3. The molecule has 100 valence electrons. The maximum Gasteiger partial charge on any atom is 0.253 e. The summed E-state index contributed by atoms with van der Waals surface area (Å²) in [4.78, 5) is 12.1. The SMILES string of the molecule is Cl.Nc1ccccc1C(=O)NC1CCCCCC1. The van der Waals surface area contributed by atoms with Crippen molar-refractivity contribution in [1.29, 1.82) is 0 Å². The van der Waals surface area contributed by atoms with E-state index in [4.69, 9.17) is 5.73 Å². The van der Waals surface area contributed by atoms with Crippen molar-refractivity contribution >= 4 is 24.0 Å². The van der Waals surface area contributed by atoms with Crippen LogP contribution in [-0.4, -0.2) is 11.9 Å². The molecule has 0 heterocycles. The molecule has 0 bridgehead atoms. The summed E-state index contributed by atoms with van der Waals surface area (Å²) in [6.07, 6.45) is 7.21. The molecular weight excluding hydrogens is 248 g/mol. The van der Waals surface area contributed by atoms with E-state index in [0.29, 0.717) is 17.3 Å². The molecule has 1 aliphatic rings. The molecule has 1 fully saturated rings. The van der Waals surface area contributed by atoms with Gasteiger partial charge in [-0.1, -0.05) is 37.8 Å². The van der Waals surface area contributed by atoms with Gasteiger partial charge in [0.1, 0.15) is 0 Å². The predicted molar refractivity (Wildman–Crippen MR) is 77.1 cm³/mol. The second-order valence-electron chi connectivity index (χ2n) is 4.75. The van der Waals surface area contributed by atoms with E-state index in [1.807, 2.05) is 12.1 Å². The average molecular weight is 269 g/mol. The van der Waals surface area contributed by atoms with E-state index in [1.54, 1.807) is 12.1 Å². The number of benzene rings is 1. The van der Waals surface area contributed by atoms with Gasteiger partial charge in [0.2, 0.25) is 0 Å². The van der Waals surface area contributed by atoms with E-state index >= 15 is 0 Å². The van der Waals surface area contributed by atoms with Crippen LogP contribution < -0.4 is 11.1 Å². The maximum atomic E-state index is 12.1. The Morgan fingerprint density at radius 3 is 2.33 bits per heavy atom. The van der Waals surface area contributed by atoms with Gasteiger partial charge in [-0.05, 0) is 25.0 Å². The Kier molecular flexibility index (Phi) is 5.99. The zero-order chi connectivity index (χ0) is 12.1. The highest BCUT2D eigenvalue weighted by Crippen LogP contribution is 2.18. The first kappa shape index (κ1) is 14.8. The van der Waals surface area contributed by atoms with E-state index in [-0.39, 0.29) is 18.3 Å². The van der Waals surface area contributed by atoms with E-state index < -0.39 is 0 Å². The monoisotopic (exact) mass is 268 g/mol. The van der Waals surface area contributed by atoms with Crippen LogP contribution in [0.5, 0.6) is 0 Å². The summed E-state index contributed by atoms with van der Waals surface area (Å²) in [5.74, 6) is -0.0324. The topological polar surface area (TPSA) is 55.1 Å². The molecular formula is C14H21ClN2O. The van der Waals surface area contributed by atoms with Crippen molar-refractivity contribution in [3.8, 4) is 0 Å². The second-order valence-corrected chi connectivity index (χ2v) is 4.75. The summed E-state index contributed by atoms with van der Waals surface area (Å²) in [7, 11) is 0. The van der Waals surface area contributed by atoms with E-state index in [1.165, 1.54) is 25.7 Å². The van der Waals surface area contributed by atoms with Crippen LogP contribution in [0.15, 0.2) is 24.3 Å². The molecule has 1 saturated carbocycles. The third kappa shape index (κ3) is 3.91. The normalized spacial score (nSPS) is 16.4. The van der Waals surface area contributed by atoms with Crippen molar-refractivity contribution in [2.75, 3.05) is 5.73 Å². The summed E-state index contributed by atoms with van der Waals surface area (Å²) in [5.41, 5.74) is 6.95. The molecule has 1 aromatic carbocycles. The third-order valence-corrected chi connectivity index (χ3v) is 3.40. The first-order valence-electron chi connectivity index (χ1n) is 6.43. The number of amides is 1. The van der Waals surface area contributed by atoms with E-state index in [9.17, 15) is 4.79 Å². The molecule has 0 unspecified atom stereocenters. The number of hydrogen-bond donors (Lipinski definition) is 2. The highest BCUT2D eigenvalue weighted by atomic mass is 35.5. The van der Waals surface area contributed by atoms with E-state index in [0.717, 1.165) is 12.8 Å². The number of nitrogens with one attached hydrogen (secondary N) is 1. The Bertz CT molecular complexity index is 387. The van der Waals surface area contributed by atoms with Crippen LogP contribution in [0, 0.1) is 0 Å². The lowest BCUT2D eigenvalue weighted by Gasteiger charge is -2.16. The molecule has 1 aromatic rings. The van der Waals surface area contributed by atoms with Crippen LogP contribution in [-0.2, 0) is 0 Å².